The lowest BCUT2D eigenvalue weighted by Crippen LogP contribution is -2.43. The van der Waals surface area contributed by atoms with E-state index < -0.39 is 16.6 Å². The molecule has 0 bridgehead atoms. The summed E-state index contributed by atoms with van der Waals surface area (Å²) in [5, 5.41) is 0. The molecule has 1 N–H and O–H groups in total. The molecule has 1 saturated heterocycles. The summed E-state index contributed by atoms with van der Waals surface area (Å²) in [5.41, 5.74) is 1.69. The van der Waals surface area contributed by atoms with Gasteiger partial charge in [0, 0.05) is 18.0 Å². The first kappa shape index (κ1) is 17.5. The number of piperidine rings is 1. The monoisotopic (exact) mass is 354 g/mol. The highest BCUT2D eigenvalue weighted by molar-refractivity contribution is 7.87. The second-order valence-corrected chi connectivity index (χ2v) is 8.68. The number of ether oxygens (including phenoxy) is 2. The minimum atomic E-state index is -1.19. The maximum absolute atomic E-state index is 12.5. The van der Waals surface area contributed by atoms with E-state index in [2.05, 4.69) is 10.8 Å². The van der Waals surface area contributed by atoms with Crippen molar-refractivity contribution in [3.05, 3.63) is 22.3 Å². The summed E-state index contributed by atoms with van der Waals surface area (Å²) >= 11 is 0. The number of hydrogen-bond acceptors (Lipinski definition) is 4. The first-order valence-electron chi connectivity index (χ1n) is 8.51. The van der Waals surface area contributed by atoms with E-state index in [9.17, 15) is 9.00 Å². The third-order valence-corrected chi connectivity index (χ3v) is 5.76. The predicted molar refractivity (Wildman–Crippen MR) is 92.4 cm³/mol. The average Bonchev–Trinajstić information content (AvgIpc) is 2.53. The van der Waals surface area contributed by atoms with Gasteiger partial charge in [0.15, 0.2) is 0 Å². The Hall–Kier alpha value is -1.34. The highest BCUT2D eigenvalue weighted by atomic mass is 32.2. The molecule has 24 heavy (non-hydrogen) atoms. The molecule has 134 valence electrons. The van der Waals surface area contributed by atoms with E-state index in [0.717, 1.165) is 29.9 Å². The molecule has 1 atom stereocenters. The largest absolute Gasteiger partial charge is 0.444 e. The molecule has 1 fully saturated rings. The molecule has 1 unspecified atom stereocenters. The SMILES string of the molecule is CC(C)(C)OC(=O)N1CCC(C2=CC3=C(COCC3)NS2=O)CC1. The van der Waals surface area contributed by atoms with Crippen LogP contribution in [0.5, 0.6) is 0 Å². The average molecular weight is 354 g/mol. The van der Waals surface area contributed by atoms with Gasteiger partial charge in [0.1, 0.15) is 16.6 Å². The van der Waals surface area contributed by atoms with Crippen molar-refractivity contribution in [1.82, 2.24) is 9.62 Å². The zero-order chi connectivity index (χ0) is 17.3. The number of likely N-dealkylation sites (tertiary alicyclic amines) is 1. The zero-order valence-electron chi connectivity index (χ0n) is 14.6. The van der Waals surface area contributed by atoms with Gasteiger partial charge in [0.25, 0.3) is 0 Å². The normalized spacial score (nSPS) is 25.7. The van der Waals surface area contributed by atoms with Gasteiger partial charge < -0.3 is 19.1 Å². The number of allylic oxidation sites excluding steroid dienone is 2. The Balaban J connectivity index is 1.62. The molecule has 7 heteroatoms. The molecule has 3 rings (SSSR count). The molecule has 1 amide bonds. The highest BCUT2D eigenvalue weighted by Crippen LogP contribution is 2.32. The van der Waals surface area contributed by atoms with Crippen LogP contribution in [0.4, 0.5) is 4.79 Å². The van der Waals surface area contributed by atoms with Gasteiger partial charge in [-0.1, -0.05) is 0 Å². The van der Waals surface area contributed by atoms with Crippen molar-refractivity contribution >= 4 is 17.1 Å². The predicted octanol–water partition coefficient (Wildman–Crippen LogP) is 2.46. The lowest BCUT2D eigenvalue weighted by molar-refractivity contribution is 0.0196. The van der Waals surface area contributed by atoms with E-state index in [4.69, 9.17) is 9.47 Å². The van der Waals surface area contributed by atoms with Gasteiger partial charge in [0.05, 0.1) is 18.9 Å². The fourth-order valence-corrected chi connectivity index (χ4v) is 4.51. The third-order valence-electron chi connectivity index (χ3n) is 4.45. The third kappa shape index (κ3) is 4.00. The fourth-order valence-electron chi connectivity index (χ4n) is 3.19. The van der Waals surface area contributed by atoms with Gasteiger partial charge in [-0.3, -0.25) is 0 Å². The van der Waals surface area contributed by atoms with Crippen molar-refractivity contribution < 1.29 is 18.5 Å². The Kier molecular flexibility index (Phi) is 5.01. The van der Waals surface area contributed by atoms with Crippen molar-refractivity contribution in [1.29, 1.82) is 0 Å². The van der Waals surface area contributed by atoms with Crippen molar-refractivity contribution in [2.75, 3.05) is 26.3 Å². The van der Waals surface area contributed by atoms with Gasteiger partial charge in [-0.2, -0.15) is 0 Å². The van der Waals surface area contributed by atoms with E-state index in [1.165, 1.54) is 5.57 Å². The summed E-state index contributed by atoms with van der Waals surface area (Å²) in [6.07, 6.45) is 4.33. The van der Waals surface area contributed by atoms with E-state index in [0.29, 0.717) is 26.3 Å². The van der Waals surface area contributed by atoms with E-state index in [1.807, 2.05) is 20.8 Å². The van der Waals surface area contributed by atoms with Crippen LogP contribution in [0.25, 0.3) is 0 Å². The van der Waals surface area contributed by atoms with Gasteiger partial charge >= 0.3 is 6.09 Å². The summed E-state index contributed by atoms with van der Waals surface area (Å²) in [7, 11) is -1.19. The van der Waals surface area contributed by atoms with Crippen molar-refractivity contribution in [2.24, 2.45) is 5.92 Å². The molecule has 0 aromatic heterocycles. The molecule has 0 aromatic rings. The van der Waals surface area contributed by atoms with Crippen LogP contribution in [-0.4, -0.2) is 47.1 Å². The Bertz CT molecular complexity index is 598. The van der Waals surface area contributed by atoms with Gasteiger partial charge in [-0.25, -0.2) is 9.00 Å². The minimum Gasteiger partial charge on any atom is -0.444 e. The maximum Gasteiger partial charge on any atom is 0.410 e. The lowest BCUT2D eigenvalue weighted by Gasteiger charge is -2.35. The van der Waals surface area contributed by atoms with Gasteiger partial charge in [-0.05, 0) is 57.6 Å². The summed E-state index contributed by atoms with van der Waals surface area (Å²) in [4.78, 5) is 14.9. The van der Waals surface area contributed by atoms with Crippen LogP contribution in [0.3, 0.4) is 0 Å². The second-order valence-electron chi connectivity index (χ2n) is 7.47. The number of amides is 1. The molecule has 3 aliphatic rings. The minimum absolute atomic E-state index is 0.244. The molecule has 3 aliphatic heterocycles. The summed E-state index contributed by atoms with van der Waals surface area (Å²) in [6, 6.07) is 0. The van der Waals surface area contributed by atoms with Crippen LogP contribution in [0.15, 0.2) is 22.3 Å². The molecular weight excluding hydrogens is 328 g/mol. The van der Waals surface area contributed by atoms with Crippen molar-refractivity contribution in [3.8, 4) is 0 Å². The fraction of sp³-hybridized carbons (Fsp3) is 0.706. The Morgan fingerprint density at radius 1 is 1.38 bits per heavy atom. The van der Waals surface area contributed by atoms with Crippen molar-refractivity contribution in [2.45, 2.75) is 45.6 Å². The first-order valence-corrected chi connectivity index (χ1v) is 9.66. The zero-order valence-corrected chi connectivity index (χ0v) is 15.4. The maximum atomic E-state index is 12.5. The Labute approximate surface area is 145 Å². The standard InChI is InChI=1S/C17H26N2O4S/c1-17(2,3)23-16(20)19-7-4-12(5-8-19)15-10-13-6-9-22-11-14(13)18-24(15)21/h10,12,18H,4-9,11H2,1-3H3. The molecule has 3 heterocycles. The smallest absolute Gasteiger partial charge is 0.410 e. The molecule has 0 spiro atoms. The first-order chi connectivity index (χ1) is 11.3. The van der Waals surface area contributed by atoms with Crippen LogP contribution in [-0.2, 0) is 20.5 Å². The number of hydrogen-bond donors (Lipinski definition) is 1. The van der Waals surface area contributed by atoms with Crippen LogP contribution < -0.4 is 4.72 Å². The highest BCUT2D eigenvalue weighted by Gasteiger charge is 2.32. The molecule has 6 nitrogen and oxygen atoms in total. The number of rotatable bonds is 1. The number of nitrogens with one attached hydrogen (secondary N) is 1. The molecular formula is C17H26N2O4S. The summed E-state index contributed by atoms with van der Waals surface area (Å²) in [6.45, 7) is 8.14. The van der Waals surface area contributed by atoms with Crippen LogP contribution in [0.2, 0.25) is 0 Å². The lowest BCUT2D eigenvalue weighted by atomic mass is 9.94. The molecule has 0 aromatic carbocycles. The summed E-state index contributed by atoms with van der Waals surface area (Å²) in [5.74, 6) is 0.244. The quantitative estimate of drug-likeness (QED) is 0.785. The molecule has 0 saturated carbocycles. The number of carbonyl (C=O) groups excluding carboxylic acids is 1. The summed E-state index contributed by atoms with van der Waals surface area (Å²) < 4.78 is 26.4. The van der Waals surface area contributed by atoms with E-state index in [1.54, 1.807) is 4.90 Å². The van der Waals surface area contributed by atoms with Crippen LogP contribution in [0.1, 0.15) is 40.0 Å². The van der Waals surface area contributed by atoms with Gasteiger partial charge in [0.2, 0.25) is 0 Å². The van der Waals surface area contributed by atoms with Crippen molar-refractivity contribution in [3.63, 3.8) is 0 Å². The number of carbonyl (C=O) groups is 1. The molecule has 0 radical (unpaired) electrons. The molecule has 0 aliphatic carbocycles. The van der Waals surface area contributed by atoms with Crippen LogP contribution in [0, 0.1) is 5.92 Å². The van der Waals surface area contributed by atoms with Crippen LogP contribution >= 0.6 is 0 Å². The van der Waals surface area contributed by atoms with E-state index >= 15 is 0 Å². The Morgan fingerprint density at radius 2 is 2.08 bits per heavy atom. The van der Waals surface area contributed by atoms with E-state index in [-0.39, 0.29) is 12.0 Å². The number of nitrogens with zero attached hydrogens (tertiary/aromatic N) is 1. The second kappa shape index (κ2) is 6.88. The van der Waals surface area contributed by atoms with Gasteiger partial charge in [-0.15, -0.1) is 0 Å². The Morgan fingerprint density at radius 3 is 2.75 bits per heavy atom. The topological polar surface area (TPSA) is 67.9 Å².